The van der Waals surface area contributed by atoms with Gasteiger partial charge in [-0.1, -0.05) is 30.3 Å². The molecule has 6 nitrogen and oxygen atoms in total. The lowest BCUT2D eigenvalue weighted by molar-refractivity contribution is 0.601. The maximum absolute atomic E-state index is 13.0. The Hall–Kier alpha value is -3.32. The summed E-state index contributed by atoms with van der Waals surface area (Å²) in [6.45, 7) is 1.85. The van der Waals surface area contributed by atoms with Crippen molar-refractivity contribution in [2.24, 2.45) is 0 Å². The molecule has 2 N–H and O–H groups in total. The lowest BCUT2D eigenvalue weighted by Gasteiger charge is -2.15. The van der Waals surface area contributed by atoms with Crippen LogP contribution in [0.2, 0.25) is 0 Å². The summed E-state index contributed by atoms with van der Waals surface area (Å²) in [4.78, 5) is 9.86. The summed E-state index contributed by atoms with van der Waals surface area (Å²) in [5, 5.41) is 0.750. The Morgan fingerprint density at radius 1 is 1.03 bits per heavy atom. The van der Waals surface area contributed by atoms with Crippen molar-refractivity contribution in [3.63, 3.8) is 0 Å². The van der Waals surface area contributed by atoms with Gasteiger partial charge in [0.2, 0.25) is 0 Å². The normalized spacial score (nSPS) is 11.6. The van der Waals surface area contributed by atoms with Crippen LogP contribution in [-0.2, 0) is 10.0 Å². The summed E-state index contributed by atoms with van der Waals surface area (Å²) in [6, 6.07) is 16.4. The van der Waals surface area contributed by atoms with E-state index in [4.69, 9.17) is 0 Å². The SMILES string of the molecule is Cc1cnc2[nH]cc(-c3cccc(N(C)C)c3)c2c1NS(=O)(=O)c1ccccc1. The lowest BCUT2D eigenvalue weighted by Crippen LogP contribution is -2.14. The molecule has 0 unspecified atom stereocenters. The van der Waals surface area contributed by atoms with E-state index in [9.17, 15) is 8.42 Å². The van der Waals surface area contributed by atoms with Crippen molar-refractivity contribution in [1.82, 2.24) is 9.97 Å². The number of anilines is 2. The second-order valence-corrected chi connectivity index (χ2v) is 8.79. The first-order valence-corrected chi connectivity index (χ1v) is 10.7. The lowest BCUT2D eigenvalue weighted by atomic mass is 10.0. The summed E-state index contributed by atoms with van der Waals surface area (Å²) in [7, 11) is 0.246. The first-order valence-electron chi connectivity index (χ1n) is 9.19. The van der Waals surface area contributed by atoms with E-state index >= 15 is 0 Å². The van der Waals surface area contributed by atoms with E-state index < -0.39 is 10.0 Å². The minimum atomic E-state index is -3.73. The van der Waals surface area contributed by atoms with Crippen molar-refractivity contribution < 1.29 is 8.42 Å². The van der Waals surface area contributed by atoms with Crippen molar-refractivity contribution >= 4 is 32.4 Å². The van der Waals surface area contributed by atoms with E-state index in [2.05, 4.69) is 20.8 Å². The molecule has 2 heterocycles. The number of aromatic nitrogens is 2. The van der Waals surface area contributed by atoms with Crippen LogP contribution < -0.4 is 9.62 Å². The average Bonchev–Trinajstić information content (AvgIpc) is 3.15. The number of nitrogens with zero attached hydrogens (tertiary/aromatic N) is 2. The molecule has 29 heavy (non-hydrogen) atoms. The van der Waals surface area contributed by atoms with Gasteiger partial charge in [-0.05, 0) is 42.3 Å². The van der Waals surface area contributed by atoms with Gasteiger partial charge in [-0.25, -0.2) is 13.4 Å². The fraction of sp³-hybridized carbons (Fsp3) is 0.136. The van der Waals surface area contributed by atoms with Gasteiger partial charge in [0.15, 0.2) is 0 Å². The van der Waals surface area contributed by atoms with Gasteiger partial charge < -0.3 is 9.88 Å². The van der Waals surface area contributed by atoms with E-state index in [1.54, 1.807) is 36.5 Å². The molecule has 7 heteroatoms. The molecule has 2 aromatic carbocycles. The largest absolute Gasteiger partial charge is 0.378 e. The van der Waals surface area contributed by atoms with Crippen LogP contribution in [0.15, 0.2) is 71.9 Å². The van der Waals surface area contributed by atoms with Crippen LogP contribution in [0.25, 0.3) is 22.2 Å². The van der Waals surface area contributed by atoms with Crippen LogP contribution in [0.4, 0.5) is 11.4 Å². The van der Waals surface area contributed by atoms with Crippen LogP contribution in [0.3, 0.4) is 0 Å². The number of fused-ring (bicyclic) bond motifs is 1. The zero-order valence-corrected chi connectivity index (χ0v) is 17.3. The van der Waals surface area contributed by atoms with Gasteiger partial charge in [0.05, 0.1) is 16.0 Å². The number of rotatable bonds is 5. The molecule has 2 aromatic heterocycles. The maximum atomic E-state index is 13.0. The number of pyridine rings is 1. The number of benzene rings is 2. The number of hydrogen-bond donors (Lipinski definition) is 2. The van der Waals surface area contributed by atoms with Gasteiger partial charge in [0, 0.05) is 37.7 Å². The van der Waals surface area contributed by atoms with Gasteiger partial charge in [-0.3, -0.25) is 4.72 Å². The summed E-state index contributed by atoms with van der Waals surface area (Å²) in [5.74, 6) is 0. The van der Waals surface area contributed by atoms with Gasteiger partial charge in [-0.2, -0.15) is 0 Å². The van der Waals surface area contributed by atoms with Crippen LogP contribution in [0, 0.1) is 6.92 Å². The fourth-order valence-electron chi connectivity index (χ4n) is 3.29. The molecule has 0 radical (unpaired) electrons. The zero-order valence-electron chi connectivity index (χ0n) is 16.5. The third-order valence-electron chi connectivity index (χ3n) is 4.85. The highest BCUT2D eigenvalue weighted by Gasteiger charge is 2.20. The topological polar surface area (TPSA) is 78.1 Å². The molecular weight excluding hydrogens is 384 g/mol. The minimum Gasteiger partial charge on any atom is -0.378 e. The van der Waals surface area contributed by atoms with Gasteiger partial charge in [-0.15, -0.1) is 0 Å². The number of nitrogens with one attached hydrogen (secondary N) is 2. The molecule has 0 saturated carbocycles. The van der Waals surface area contributed by atoms with E-state index in [1.165, 1.54) is 0 Å². The number of aryl methyl sites for hydroxylation is 1. The number of aromatic amines is 1. The third-order valence-corrected chi connectivity index (χ3v) is 6.22. The van der Waals surface area contributed by atoms with Crippen LogP contribution >= 0.6 is 0 Å². The Labute approximate surface area is 170 Å². The van der Waals surface area contributed by atoms with E-state index in [0.717, 1.165) is 27.8 Å². The number of hydrogen-bond acceptors (Lipinski definition) is 4. The Morgan fingerprint density at radius 2 is 1.79 bits per heavy atom. The molecule has 0 saturated heterocycles. The first kappa shape index (κ1) is 19.0. The average molecular weight is 407 g/mol. The van der Waals surface area contributed by atoms with Crippen molar-refractivity contribution in [1.29, 1.82) is 0 Å². The van der Waals surface area contributed by atoms with E-state index in [0.29, 0.717) is 11.3 Å². The summed E-state index contributed by atoms with van der Waals surface area (Å²) >= 11 is 0. The molecule has 0 spiro atoms. The molecule has 0 amide bonds. The third kappa shape index (κ3) is 3.56. The van der Waals surface area contributed by atoms with Crippen molar-refractivity contribution in [2.45, 2.75) is 11.8 Å². The van der Waals surface area contributed by atoms with Gasteiger partial charge >= 0.3 is 0 Å². The highest BCUT2D eigenvalue weighted by molar-refractivity contribution is 7.92. The Morgan fingerprint density at radius 3 is 2.52 bits per heavy atom. The number of sulfonamides is 1. The summed E-state index contributed by atoms with van der Waals surface area (Å²) < 4.78 is 28.7. The first-order chi connectivity index (χ1) is 13.9. The molecule has 0 fully saturated rings. The Kier molecular flexibility index (Phi) is 4.76. The predicted octanol–water partition coefficient (Wildman–Crippen LogP) is 4.41. The van der Waals surface area contributed by atoms with Crippen LogP contribution in [0.5, 0.6) is 0 Å². The molecule has 0 aliphatic heterocycles. The second-order valence-electron chi connectivity index (χ2n) is 7.11. The van der Waals surface area contributed by atoms with Gasteiger partial charge in [0.1, 0.15) is 5.65 Å². The molecule has 0 aliphatic carbocycles. The molecule has 4 rings (SSSR count). The number of H-pyrrole nitrogens is 1. The molecular formula is C22H22N4O2S. The van der Waals surface area contributed by atoms with Crippen molar-refractivity contribution in [2.75, 3.05) is 23.7 Å². The van der Waals surface area contributed by atoms with Gasteiger partial charge in [0.25, 0.3) is 10.0 Å². The van der Waals surface area contributed by atoms with E-state index in [1.807, 2.05) is 50.3 Å². The molecule has 0 bridgehead atoms. The second kappa shape index (κ2) is 7.25. The standard InChI is InChI=1S/C22H22N4O2S/c1-15-13-23-22-20(21(15)25-29(27,28)18-10-5-4-6-11-18)19(14-24-22)16-8-7-9-17(12-16)26(2)3/h4-14H,1-3H3,(H2,23,24,25). The highest BCUT2D eigenvalue weighted by Crippen LogP contribution is 2.37. The van der Waals surface area contributed by atoms with Crippen LogP contribution in [0.1, 0.15) is 5.56 Å². The monoisotopic (exact) mass is 406 g/mol. The quantitative estimate of drug-likeness (QED) is 0.515. The summed E-state index contributed by atoms with van der Waals surface area (Å²) in [5.41, 5.74) is 4.85. The van der Waals surface area contributed by atoms with Crippen LogP contribution in [-0.4, -0.2) is 32.5 Å². The molecule has 148 valence electrons. The highest BCUT2D eigenvalue weighted by atomic mass is 32.2. The van der Waals surface area contributed by atoms with Crippen molar-refractivity contribution in [3.8, 4) is 11.1 Å². The zero-order chi connectivity index (χ0) is 20.6. The smallest absolute Gasteiger partial charge is 0.261 e. The Bertz CT molecular complexity index is 1280. The summed E-state index contributed by atoms with van der Waals surface area (Å²) in [6.07, 6.45) is 3.54. The molecule has 4 aromatic rings. The van der Waals surface area contributed by atoms with Crippen molar-refractivity contribution in [3.05, 3.63) is 72.6 Å². The Balaban J connectivity index is 1.89. The minimum absolute atomic E-state index is 0.219. The predicted molar refractivity (Wildman–Crippen MR) is 118 cm³/mol. The maximum Gasteiger partial charge on any atom is 0.261 e. The molecule has 0 aliphatic rings. The molecule has 0 atom stereocenters. The van der Waals surface area contributed by atoms with E-state index in [-0.39, 0.29) is 4.90 Å². The fourth-order valence-corrected chi connectivity index (χ4v) is 4.46.